The maximum atomic E-state index is 14.4. The maximum absolute atomic E-state index is 14.4. The van der Waals surface area contributed by atoms with Crippen LogP contribution in [0.5, 0.6) is 5.75 Å². The van der Waals surface area contributed by atoms with Gasteiger partial charge in [-0.3, -0.25) is 4.68 Å². The fraction of sp³-hybridized carbons (Fsp3) is 0.167. The van der Waals surface area contributed by atoms with E-state index >= 15 is 0 Å². The van der Waals surface area contributed by atoms with E-state index in [1.54, 1.807) is 0 Å². The number of nitrogens with zero attached hydrogens (tertiary/aromatic N) is 2. The van der Waals surface area contributed by atoms with Crippen molar-refractivity contribution in [1.29, 1.82) is 0 Å². The van der Waals surface area contributed by atoms with E-state index in [0.29, 0.717) is 0 Å². The fourth-order valence-electron chi connectivity index (χ4n) is 2.44. The number of hydrogen-bond donors (Lipinski definition) is 0. The summed E-state index contributed by atoms with van der Waals surface area (Å²) in [6.45, 7) is 0.236. The average Bonchev–Trinajstić information content (AvgIpc) is 2.96. The summed E-state index contributed by atoms with van der Waals surface area (Å²) in [5, 5.41) is 3.39. The van der Waals surface area contributed by atoms with Crippen molar-refractivity contribution in [3.8, 4) is 16.9 Å². The molecule has 1 heterocycles. The molecule has 0 atom stereocenters. The minimum atomic E-state index is -4.66. The third-order valence-corrected chi connectivity index (χ3v) is 3.58. The summed E-state index contributed by atoms with van der Waals surface area (Å²) >= 11 is 0. The molecule has 0 saturated carbocycles. The second-order valence-electron chi connectivity index (χ2n) is 5.48. The lowest BCUT2D eigenvalue weighted by molar-refractivity contribution is -0.140. The van der Waals surface area contributed by atoms with E-state index in [1.165, 1.54) is 19.2 Å². The van der Waals surface area contributed by atoms with Gasteiger partial charge in [0.2, 0.25) is 0 Å². The molecule has 3 rings (SSSR count). The Kier molecular flexibility index (Phi) is 4.48. The Morgan fingerprint density at radius 3 is 2.40 bits per heavy atom. The summed E-state index contributed by atoms with van der Waals surface area (Å²) in [5.41, 5.74) is -0.694. The molecular formula is C18H14F4N2O. The highest BCUT2D eigenvalue weighted by Crippen LogP contribution is 2.37. The van der Waals surface area contributed by atoms with E-state index in [4.69, 9.17) is 4.74 Å². The van der Waals surface area contributed by atoms with E-state index in [-0.39, 0.29) is 23.5 Å². The molecule has 130 valence electrons. The van der Waals surface area contributed by atoms with Crippen LogP contribution in [-0.2, 0) is 19.8 Å². The Balaban J connectivity index is 1.86. The predicted octanol–water partition coefficient (Wildman–Crippen LogP) is 4.82. The first-order valence-corrected chi connectivity index (χ1v) is 7.42. The summed E-state index contributed by atoms with van der Waals surface area (Å²) in [6, 6.07) is 13.1. The van der Waals surface area contributed by atoms with Gasteiger partial charge < -0.3 is 4.74 Å². The first kappa shape index (κ1) is 17.0. The van der Waals surface area contributed by atoms with Gasteiger partial charge in [-0.1, -0.05) is 30.3 Å². The zero-order valence-electron chi connectivity index (χ0n) is 13.2. The lowest BCUT2D eigenvalue weighted by Gasteiger charge is -2.10. The van der Waals surface area contributed by atoms with Crippen molar-refractivity contribution in [1.82, 2.24) is 9.78 Å². The van der Waals surface area contributed by atoms with Gasteiger partial charge >= 0.3 is 6.18 Å². The van der Waals surface area contributed by atoms with Crippen LogP contribution in [0.15, 0.2) is 54.7 Å². The molecule has 0 fully saturated rings. The smallest absolute Gasteiger partial charge is 0.435 e. The van der Waals surface area contributed by atoms with Crippen LogP contribution in [0.3, 0.4) is 0 Å². The summed E-state index contributed by atoms with van der Waals surface area (Å²) in [7, 11) is 1.36. The summed E-state index contributed by atoms with van der Waals surface area (Å²) in [5.74, 6) is -0.563. The second-order valence-corrected chi connectivity index (χ2v) is 5.48. The third-order valence-electron chi connectivity index (χ3n) is 3.58. The molecule has 0 aliphatic carbocycles. The van der Waals surface area contributed by atoms with Gasteiger partial charge in [0.05, 0.1) is 0 Å². The Hall–Kier alpha value is -2.83. The molecule has 0 amide bonds. The quantitative estimate of drug-likeness (QED) is 0.631. The normalized spacial score (nSPS) is 11.6. The van der Waals surface area contributed by atoms with Gasteiger partial charge in [-0.05, 0) is 17.7 Å². The SMILES string of the molecule is Cn1cc(-c2ccc(OCc3ccccc3)cc2F)c(C(F)(F)F)n1. The standard InChI is InChI=1S/C18H14F4N2O/c1-24-10-15(17(23-24)18(20,21)22)14-8-7-13(9-16(14)19)25-11-12-5-3-2-4-6-12/h2-10H,11H2,1H3. The lowest BCUT2D eigenvalue weighted by Crippen LogP contribution is -2.08. The van der Waals surface area contributed by atoms with E-state index in [9.17, 15) is 17.6 Å². The zero-order chi connectivity index (χ0) is 18.0. The first-order chi connectivity index (χ1) is 11.8. The average molecular weight is 350 g/mol. The van der Waals surface area contributed by atoms with Crippen molar-refractivity contribution in [3.63, 3.8) is 0 Å². The van der Waals surface area contributed by atoms with E-state index in [2.05, 4.69) is 5.10 Å². The molecule has 0 N–H and O–H groups in total. The van der Waals surface area contributed by atoms with Crippen LogP contribution in [0.1, 0.15) is 11.3 Å². The van der Waals surface area contributed by atoms with Crippen LogP contribution in [0.2, 0.25) is 0 Å². The molecule has 0 bridgehead atoms. The summed E-state index contributed by atoms with van der Waals surface area (Å²) in [4.78, 5) is 0. The predicted molar refractivity (Wildman–Crippen MR) is 84.4 cm³/mol. The van der Waals surface area contributed by atoms with Crippen molar-refractivity contribution in [2.45, 2.75) is 12.8 Å². The Morgan fingerprint density at radius 2 is 1.76 bits per heavy atom. The number of alkyl halides is 3. The third kappa shape index (κ3) is 3.81. The second kappa shape index (κ2) is 6.58. The van der Waals surface area contributed by atoms with E-state index in [1.807, 2.05) is 30.3 Å². The van der Waals surface area contributed by atoms with Gasteiger partial charge in [0.1, 0.15) is 18.2 Å². The maximum Gasteiger partial charge on any atom is 0.435 e. The lowest BCUT2D eigenvalue weighted by atomic mass is 10.1. The Labute approximate surface area is 141 Å². The fourth-order valence-corrected chi connectivity index (χ4v) is 2.44. The number of benzene rings is 2. The van der Waals surface area contributed by atoms with Crippen molar-refractivity contribution in [2.75, 3.05) is 0 Å². The molecule has 0 saturated heterocycles. The minimum absolute atomic E-state index is 0.174. The van der Waals surface area contributed by atoms with Crippen LogP contribution in [0.25, 0.3) is 11.1 Å². The molecule has 0 unspecified atom stereocenters. The number of rotatable bonds is 4. The first-order valence-electron chi connectivity index (χ1n) is 7.42. The van der Waals surface area contributed by atoms with E-state index in [0.717, 1.165) is 22.5 Å². The largest absolute Gasteiger partial charge is 0.489 e. The highest BCUT2D eigenvalue weighted by atomic mass is 19.4. The molecule has 0 aliphatic rings. The number of ether oxygens (including phenoxy) is 1. The Morgan fingerprint density at radius 1 is 1.04 bits per heavy atom. The van der Waals surface area contributed by atoms with Gasteiger partial charge in [-0.2, -0.15) is 18.3 Å². The van der Waals surface area contributed by atoms with Gasteiger partial charge in [-0.25, -0.2) is 4.39 Å². The van der Waals surface area contributed by atoms with Crippen LogP contribution < -0.4 is 4.74 Å². The molecule has 3 nitrogen and oxygen atoms in total. The number of halogens is 4. The topological polar surface area (TPSA) is 27.1 Å². The summed E-state index contributed by atoms with van der Waals surface area (Å²) in [6.07, 6.45) is -3.52. The minimum Gasteiger partial charge on any atom is -0.489 e. The van der Waals surface area contributed by atoms with Crippen LogP contribution in [0, 0.1) is 5.82 Å². The van der Waals surface area contributed by atoms with Crippen LogP contribution in [-0.4, -0.2) is 9.78 Å². The molecule has 7 heteroatoms. The monoisotopic (exact) mass is 350 g/mol. The van der Waals surface area contributed by atoms with Crippen molar-refractivity contribution >= 4 is 0 Å². The summed E-state index contributed by atoms with van der Waals surface area (Å²) < 4.78 is 60.0. The molecule has 0 spiro atoms. The molecular weight excluding hydrogens is 336 g/mol. The van der Waals surface area contributed by atoms with Crippen LogP contribution in [0.4, 0.5) is 17.6 Å². The van der Waals surface area contributed by atoms with Gasteiger partial charge in [0.25, 0.3) is 0 Å². The van der Waals surface area contributed by atoms with Crippen molar-refractivity contribution in [3.05, 3.63) is 71.8 Å². The van der Waals surface area contributed by atoms with Crippen molar-refractivity contribution < 1.29 is 22.3 Å². The number of aromatic nitrogens is 2. The molecule has 0 aliphatic heterocycles. The van der Waals surface area contributed by atoms with Gasteiger partial charge in [0, 0.05) is 30.4 Å². The van der Waals surface area contributed by atoms with Gasteiger partial charge in [-0.15, -0.1) is 0 Å². The number of aryl methyl sites for hydroxylation is 1. The highest BCUT2D eigenvalue weighted by molar-refractivity contribution is 5.67. The Bertz CT molecular complexity index is 873. The van der Waals surface area contributed by atoms with Crippen LogP contribution >= 0.6 is 0 Å². The van der Waals surface area contributed by atoms with E-state index < -0.39 is 17.7 Å². The molecule has 0 radical (unpaired) electrons. The van der Waals surface area contributed by atoms with Gasteiger partial charge in [0.15, 0.2) is 5.69 Å². The molecule has 25 heavy (non-hydrogen) atoms. The highest BCUT2D eigenvalue weighted by Gasteiger charge is 2.37. The zero-order valence-corrected chi connectivity index (χ0v) is 13.2. The molecule has 1 aromatic heterocycles. The molecule has 2 aromatic carbocycles. The molecule has 3 aromatic rings. The number of hydrogen-bond acceptors (Lipinski definition) is 2. The van der Waals surface area contributed by atoms with Crippen molar-refractivity contribution in [2.24, 2.45) is 7.05 Å².